The number of tetrazole rings is 1. The van der Waals surface area contributed by atoms with E-state index in [1.165, 1.54) is 16.9 Å². The van der Waals surface area contributed by atoms with Crippen molar-refractivity contribution in [1.82, 2.24) is 30.3 Å². The van der Waals surface area contributed by atoms with Gasteiger partial charge in [-0.15, -0.1) is 10.2 Å². The van der Waals surface area contributed by atoms with Crippen LogP contribution >= 0.6 is 0 Å². The number of aromatic nitrogens is 6. The van der Waals surface area contributed by atoms with Crippen LogP contribution in [0.4, 0.5) is 4.39 Å². The Labute approximate surface area is 132 Å². The molecule has 3 aromatic rings. The fraction of sp³-hybridized carbons (Fsp3) is 0.400. The first-order valence-electron chi connectivity index (χ1n) is 7.24. The molecule has 23 heavy (non-hydrogen) atoms. The summed E-state index contributed by atoms with van der Waals surface area (Å²) < 4.78 is 18.6. The molecule has 0 radical (unpaired) electrons. The molecule has 8 heteroatoms. The van der Waals surface area contributed by atoms with Gasteiger partial charge in [-0.25, -0.2) is 4.39 Å². The molecule has 3 rings (SSSR count). The summed E-state index contributed by atoms with van der Waals surface area (Å²) >= 11 is 0. The van der Waals surface area contributed by atoms with Crippen LogP contribution in [0.5, 0.6) is 0 Å². The van der Waals surface area contributed by atoms with Gasteiger partial charge in [0.1, 0.15) is 11.9 Å². The molecule has 1 atom stereocenters. The van der Waals surface area contributed by atoms with Crippen molar-refractivity contribution in [2.75, 3.05) is 0 Å². The molecule has 0 fully saturated rings. The number of halogens is 1. The monoisotopic (exact) mass is 316 g/mol. The maximum Gasteiger partial charge on any atom is 0.253 e. The third kappa shape index (κ3) is 3.10. The SMILES string of the molecule is C[C@@H](c1nc(C(C)(C)C)no1)n1nnc(-c2cccc(F)c2)n1. The van der Waals surface area contributed by atoms with Crippen LogP contribution in [0.25, 0.3) is 11.4 Å². The quantitative estimate of drug-likeness (QED) is 0.739. The minimum absolute atomic E-state index is 0.204. The highest BCUT2D eigenvalue weighted by atomic mass is 19.1. The lowest BCUT2D eigenvalue weighted by Crippen LogP contribution is -2.15. The molecule has 0 bridgehead atoms. The average molecular weight is 316 g/mol. The van der Waals surface area contributed by atoms with Crippen molar-refractivity contribution < 1.29 is 8.91 Å². The highest BCUT2D eigenvalue weighted by Gasteiger charge is 2.25. The van der Waals surface area contributed by atoms with Crippen LogP contribution in [0, 0.1) is 5.82 Å². The maximum atomic E-state index is 13.3. The van der Waals surface area contributed by atoms with Gasteiger partial charge in [0.25, 0.3) is 5.89 Å². The van der Waals surface area contributed by atoms with E-state index in [0.717, 1.165) is 0 Å². The Morgan fingerprint density at radius 1 is 1.26 bits per heavy atom. The predicted octanol–water partition coefficient (Wildman–Crippen LogP) is 2.77. The lowest BCUT2D eigenvalue weighted by Gasteiger charge is -2.11. The molecule has 7 nitrogen and oxygen atoms in total. The van der Waals surface area contributed by atoms with Gasteiger partial charge in [0.2, 0.25) is 5.82 Å². The minimum Gasteiger partial charge on any atom is -0.337 e. The summed E-state index contributed by atoms with van der Waals surface area (Å²) in [5, 5.41) is 16.2. The number of benzene rings is 1. The van der Waals surface area contributed by atoms with Gasteiger partial charge in [-0.2, -0.15) is 9.78 Å². The Balaban J connectivity index is 1.86. The molecule has 2 aromatic heterocycles. The predicted molar refractivity (Wildman–Crippen MR) is 80.0 cm³/mol. The first-order chi connectivity index (χ1) is 10.8. The Kier molecular flexibility index (Phi) is 3.67. The lowest BCUT2D eigenvalue weighted by atomic mass is 9.96. The zero-order valence-corrected chi connectivity index (χ0v) is 13.4. The molecule has 1 aromatic carbocycles. The van der Waals surface area contributed by atoms with Gasteiger partial charge in [0.05, 0.1) is 0 Å². The molecule has 0 N–H and O–H groups in total. The topological polar surface area (TPSA) is 82.5 Å². The molecule has 0 spiro atoms. The Morgan fingerprint density at radius 3 is 2.70 bits per heavy atom. The van der Waals surface area contributed by atoms with Crippen LogP contribution in [0.15, 0.2) is 28.8 Å². The van der Waals surface area contributed by atoms with Gasteiger partial charge in [0, 0.05) is 11.0 Å². The van der Waals surface area contributed by atoms with E-state index in [4.69, 9.17) is 4.52 Å². The lowest BCUT2D eigenvalue weighted by molar-refractivity contribution is 0.315. The summed E-state index contributed by atoms with van der Waals surface area (Å²) in [6.45, 7) is 7.84. The molecule has 0 amide bonds. The largest absolute Gasteiger partial charge is 0.337 e. The van der Waals surface area contributed by atoms with Crippen molar-refractivity contribution in [1.29, 1.82) is 0 Å². The fourth-order valence-electron chi connectivity index (χ4n) is 1.94. The molecule has 0 unspecified atom stereocenters. The fourth-order valence-corrected chi connectivity index (χ4v) is 1.94. The van der Waals surface area contributed by atoms with Gasteiger partial charge >= 0.3 is 0 Å². The summed E-state index contributed by atoms with van der Waals surface area (Å²) in [7, 11) is 0. The number of rotatable bonds is 3. The number of nitrogens with zero attached hydrogens (tertiary/aromatic N) is 6. The van der Waals surface area contributed by atoms with Crippen molar-refractivity contribution in [2.24, 2.45) is 0 Å². The van der Waals surface area contributed by atoms with Crippen molar-refractivity contribution in [3.63, 3.8) is 0 Å². The van der Waals surface area contributed by atoms with E-state index >= 15 is 0 Å². The molecule has 2 heterocycles. The second-order valence-corrected chi connectivity index (χ2v) is 6.33. The van der Waals surface area contributed by atoms with E-state index in [1.807, 2.05) is 27.7 Å². The second-order valence-electron chi connectivity index (χ2n) is 6.33. The van der Waals surface area contributed by atoms with Gasteiger partial charge in [-0.3, -0.25) is 0 Å². The van der Waals surface area contributed by atoms with E-state index in [0.29, 0.717) is 23.1 Å². The third-order valence-electron chi connectivity index (χ3n) is 3.33. The molecular formula is C15H17FN6O. The van der Waals surface area contributed by atoms with E-state index < -0.39 is 0 Å². The first kappa shape index (κ1) is 15.3. The second kappa shape index (κ2) is 5.53. The maximum absolute atomic E-state index is 13.3. The summed E-state index contributed by atoms with van der Waals surface area (Å²) in [5.74, 6) is 1.01. The van der Waals surface area contributed by atoms with Gasteiger partial charge in [0.15, 0.2) is 5.82 Å². The van der Waals surface area contributed by atoms with Crippen molar-refractivity contribution in [3.8, 4) is 11.4 Å². The number of hydrogen-bond acceptors (Lipinski definition) is 6. The van der Waals surface area contributed by atoms with Crippen LogP contribution in [0.1, 0.15) is 45.5 Å². The standard InChI is InChI=1S/C15H17FN6O/c1-9(13-17-14(20-23-13)15(2,3)4)22-19-12(18-21-22)10-6-5-7-11(16)8-10/h5-9H,1-4H3/t9-/m0/s1. The van der Waals surface area contributed by atoms with Crippen LogP contribution in [-0.2, 0) is 5.41 Å². The van der Waals surface area contributed by atoms with Crippen LogP contribution in [0.3, 0.4) is 0 Å². The summed E-state index contributed by atoms with van der Waals surface area (Å²) in [6.07, 6.45) is 0. The van der Waals surface area contributed by atoms with Crippen LogP contribution in [0.2, 0.25) is 0 Å². The van der Waals surface area contributed by atoms with Crippen LogP contribution < -0.4 is 0 Å². The van der Waals surface area contributed by atoms with E-state index in [9.17, 15) is 4.39 Å². The molecule has 0 aliphatic carbocycles. The average Bonchev–Trinajstić information content (AvgIpc) is 3.16. The van der Waals surface area contributed by atoms with Gasteiger partial charge in [-0.05, 0) is 24.3 Å². The third-order valence-corrected chi connectivity index (χ3v) is 3.33. The molecule has 0 saturated carbocycles. The van der Waals surface area contributed by atoms with Crippen molar-refractivity contribution >= 4 is 0 Å². The molecule has 120 valence electrons. The summed E-state index contributed by atoms with van der Waals surface area (Å²) in [4.78, 5) is 5.76. The van der Waals surface area contributed by atoms with Crippen molar-refractivity contribution in [3.05, 3.63) is 41.8 Å². The normalized spacial score (nSPS) is 13.3. The van der Waals surface area contributed by atoms with Crippen molar-refractivity contribution in [2.45, 2.75) is 39.2 Å². The van der Waals surface area contributed by atoms with E-state index in [2.05, 4.69) is 25.6 Å². The summed E-state index contributed by atoms with van der Waals surface area (Å²) in [6, 6.07) is 5.68. The molecule has 0 saturated heterocycles. The van der Waals surface area contributed by atoms with Gasteiger partial charge in [-0.1, -0.05) is 38.1 Å². The highest BCUT2D eigenvalue weighted by molar-refractivity contribution is 5.53. The Morgan fingerprint density at radius 2 is 2.04 bits per heavy atom. The van der Waals surface area contributed by atoms with Crippen LogP contribution in [-0.4, -0.2) is 30.3 Å². The minimum atomic E-state index is -0.367. The smallest absolute Gasteiger partial charge is 0.253 e. The highest BCUT2D eigenvalue weighted by Crippen LogP contribution is 2.22. The first-order valence-corrected chi connectivity index (χ1v) is 7.24. The Hall–Kier alpha value is -2.64. The Bertz CT molecular complexity index is 819. The van der Waals surface area contributed by atoms with E-state index in [1.54, 1.807) is 12.1 Å². The van der Waals surface area contributed by atoms with Gasteiger partial charge < -0.3 is 4.52 Å². The zero-order valence-electron chi connectivity index (χ0n) is 13.4. The molecule has 0 aliphatic heterocycles. The molecular weight excluding hydrogens is 299 g/mol. The zero-order chi connectivity index (χ0) is 16.6. The summed E-state index contributed by atoms with van der Waals surface area (Å²) in [5.41, 5.74) is 0.355. The molecule has 0 aliphatic rings. The van der Waals surface area contributed by atoms with E-state index in [-0.39, 0.29) is 17.3 Å². The number of hydrogen-bond donors (Lipinski definition) is 0.